The Labute approximate surface area is 144 Å². The summed E-state index contributed by atoms with van der Waals surface area (Å²) >= 11 is 0. The summed E-state index contributed by atoms with van der Waals surface area (Å²) in [5.74, 6) is 0.399. The van der Waals surface area contributed by atoms with Gasteiger partial charge < -0.3 is 4.42 Å². The molecule has 126 valence electrons. The first-order valence-corrected chi connectivity index (χ1v) is 8.38. The highest BCUT2D eigenvalue weighted by atomic mass is 16.4. The van der Waals surface area contributed by atoms with Crippen LogP contribution >= 0.6 is 0 Å². The standard InChI is InChI=1S/C20H19N3O2/c1-12(2)15-10-16-14(9-20(24)25-19(16)8-13(15)3)11-23-18-7-5-4-6-17(18)21-22-23/h4-10,12H,11H2,1-3H3. The van der Waals surface area contributed by atoms with Gasteiger partial charge in [0.25, 0.3) is 0 Å². The third-order valence-corrected chi connectivity index (χ3v) is 4.58. The lowest BCUT2D eigenvalue weighted by atomic mass is 9.95. The molecular weight excluding hydrogens is 314 g/mol. The van der Waals surface area contributed by atoms with E-state index in [-0.39, 0.29) is 5.63 Å². The molecule has 0 atom stereocenters. The summed E-state index contributed by atoms with van der Waals surface area (Å²) in [6.45, 7) is 6.85. The first-order chi connectivity index (χ1) is 12.0. The van der Waals surface area contributed by atoms with Gasteiger partial charge in [-0.1, -0.05) is 31.2 Å². The van der Waals surface area contributed by atoms with E-state index in [0.717, 1.165) is 27.5 Å². The van der Waals surface area contributed by atoms with Crippen molar-refractivity contribution in [1.29, 1.82) is 0 Å². The molecule has 0 fully saturated rings. The summed E-state index contributed by atoms with van der Waals surface area (Å²) in [6, 6.07) is 13.4. The molecular formula is C20H19N3O2. The van der Waals surface area contributed by atoms with E-state index >= 15 is 0 Å². The van der Waals surface area contributed by atoms with Crippen LogP contribution in [0.5, 0.6) is 0 Å². The molecule has 0 radical (unpaired) electrons. The van der Waals surface area contributed by atoms with E-state index in [0.29, 0.717) is 18.0 Å². The molecule has 0 N–H and O–H groups in total. The van der Waals surface area contributed by atoms with Gasteiger partial charge in [0.1, 0.15) is 11.1 Å². The van der Waals surface area contributed by atoms with E-state index < -0.39 is 0 Å². The van der Waals surface area contributed by atoms with E-state index in [4.69, 9.17) is 4.42 Å². The summed E-state index contributed by atoms with van der Waals surface area (Å²) in [4.78, 5) is 12.0. The Kier molecular flexibility index (Phi) is 3.64. The number of para-hydroxylation sites is 1. The van der Waals surface area contributed by atoms with E-state index in [9.17, 15) is 4.79 Å². The SMILES string of the molecule is Cc1cc2oc(=O)cc(Cn3nnc4ccccc43)c2cc1C(C)C. The topological polar surface area (TPSA) is 60.9 Å². The van der Waals surface area contributed by atoms with Crippen LogP contribution in [0.3, 0.4) is 0 Å². The lowest BCUT2D eigenvalue weighted by Gasteiger charge is -2.13. The number of aromatic nitrogens is 3. The van der Waals surface area contributed by atoms with E-state index in [1.54, 1.807) is 6.07 Å². The minimum absolute atomic E-state index is 0.344. The van der Waals surface area contributed by atoms with Crippen molar-refractivity contribution in [2.45, 2.75) is 33.2 Å². The van der Waals surface area contributed by atoms with Crippen molar-refractivity contribution in [3.63, 3.8) is 0 Å². The number of hydrogen-bond acceptors (Lipinski definition) is 4. The maximum atomic E-state index is 12.0. The summed E-state index contributed by atoms with van der Waals surface area (Å²) in [5, 5.41) is 9.38. The quantitative estimate of drug-likeness (QED) is 0.531. The molecule has 2 heterocycles. The van der Waals surface area contributed by atoms with Crippen LogP contribution in [0.25, 0.3) is 22.0 Å². The molecule has 0 saturated heterocycles. The molecule has 2 aromatic heterocycles. The number of aryl methyl sites for hydroxylation is 1. The summed E-state index contributed by atoms with van der Waals surface area (Å²) in [5.41, 5.74) is 5.34. The minimum Gasteiger partial charge on any atom is -0.423 e. The second kappa shape index (κ2) is 5.84. The fraction of sp³-hybridized carbons (Fsp3) is 0.250. The molecule has 25 heavy (non-hydrogen) atoms. The van der Waals surface area contributed by atoms with Crippen molar-refractivity contribution in [3.8, 4) is 0 Å². The Hall–Kier alpha value is -2.95. The van der Waals surface area contributed by atoms with Crippen molar-refractivity contribution >= 4 is 22.0 Å². The molecule has 0 saturated carbocycles. The summed E-state index contributed by atoms with van der Waals surface area (Å²) in [6.07, 6.45) is 0. The van der Waals surface area contributed by atoms with Gasteiger partial charge in [-0.25, -0.2) is 9.48 Å². The highest BCUT2D eigenvalue weighted by Crippen LogP contribution is 2.27. The van der Waals surface area contributed by atoms with Gasteiger partial charge in [-0.05, 0) is 53.8 Å². The Morgan fingerprint density at radius 1 is 1.16 bits per heavy atom. The number of rotatable bonds is 3. The molecule has 0 aliphatic carbocycles. The second-order valence-corrected chi connectivity index (χ2v) is 6.69. The average Bonchev–Trinajstić information content (AvgIpc) is 2.97. The lowest BCUT2D eigenvalue weighted by Crippen LogP contribution is -2.08. The van der Waals surface area contributed by atoms with Gasteiger partial charge in [-0.3, -0.25) is 0 Å². The van der Waals surface area contributed by atoms with Gasteiger partial charge in [-0.2, -0.15) is 0 Å². The molecule has 4 aromatic rings. The van der Waals surface area contributed by atoms with Gasteiger partial charge >= 0.3 is 5.63 Å². The Bertz CT molecular complexity index is 1140. The third kappa shape index (κ3) is 2.71. The van der Waals surface area contributed by atoms with Gasteiger partial charge in [-0.15, -0.1) is 5.10 Å². The molecule has 0 bridgehead atoms. The monoisotopic (exact) mass is 333 g/mol. The van der Waals surface area contributed by atoms with Gasteiger partial charge in [0.05, 0.1) is 12.1 Å². The van der Waals surface area contributed by atoms with Crippen LogP contribution in [-0.4, -0.2) is 15.0 Å². The zero-order valence-electron chi connectivity index (χ0n) is 14.5. The molecule has 0 unspecified atom stereocenters. The predicted molar refractivity (Wildman–Crippen MR) is 97.9 cm³/mol. The van der Waals surface area contributed by atoms with E-state index in [1.165, 1.54) is 5.56 Å². The number of fused-ring (bicyclic) bond motifs is 2. The zero-order chi connectivity index (χ0) is 17.6. The fourth-order valence-corrected chi connectivity index (χ4v) is 3.34. The highest BCUT2D eigenvalue weighted by molar-refractivity contribution is 5.82. The van der Waals surface area contributed by atoms with Crippen LogP contribution in [0, 0.1) is 6.92 Å². The van der Waals surface area contributed by atoms with Crippen molar-refractivity contribution in [2.24, 2.45) is 0 Å². The average molecular weight is 333 g/mol. The zero-order valence-corrected chi connectivity index (χ0v) is 14.5. The van der Waals surface area contributed by atoms with Crippen LogP contribution < -0.4 is 5.63 Å². The third-order valence-electron chi connectivity index (χ3n) is 4.58. The number of hydrogen-bond donors (Lipinski definition) is 0. The van der Waals surface area contributed by atoms with Crippen LogP contribution in [0.1, 0.15) is 36.5 Å². The van der Waals surface area contributed by atoms with Crippen molar-refractivity contribution in [3.05, 3.63) is 69.6 Å². The maximum Gasteiger partial charge on any atom is 0.336 e. The maximum absolute atomic E-state index is 12.0. The molecule has 5 nitrogen and oxygen atoms in total. The lowest BCUT2D eigenvalue weighted by molar-refractivity contribution is 0.555. The Balaban J connectivity index is 1.91. The van der Waals surface area contributed by atoms with Crippen LogP contribution in [0.4, 0.5) is 0 Å². The van der Waals surface area contributed by atoms with Crippen molar-refractivity contribution < 1.29 is 4.42 Å². The Morgan fingerprint density at radius 2 is 1.96 bits per heavy atom. The first kappa shape index (κ1) is 15.6. The molecule has 0 spiro atoms. The molecule has 0 aliphatic heterocycles. The fourth-order valence-electron chi connectivity index (χ4n) is 3.34. The smallest absolute Gasteiger partial charge is 0.336 e. The normalized spacial score (nSPS) is 11.7. The summed E-state index contributed by atoms with van der Waals surface area (Å²) < 4.78 is 7.24. The van der Waals surface area contributed by atoms with Gasteiger partial charge in [0.15, 0.2) is 0 Å². The van der Waals surface area contributed by atoms with Gasteiger partial charge in [0.2, 0.25) is 0 Å². The second-order valence-electron chi connectivity index (χ2n) is 6.69. The largest absolute Gasteiger partial charge is 0.423 e. The number of nitrogens with zero attached hydrogens (tertiary/aromatic N) is 3. The van der Waals surface area contributed by atoms with E-state index in [2.05, 4.69) is 30.2 Å². The van der Waals surface area contributed by atoms with Crippen LogP contribution in [-0.2, 0) is 6.54 Å². The Morgan fingerprint density at radius 3 is 2.76 bits per heavy atom. The minimum atomic E-state index is -0.344. The summed E-state index contributed by atoms with van der Waals surface area (Å²) in [7, 11) is 0. The molecule has 2 aromatic carbocycles. The first-order valence-electron chi connectivity index (χ1n) is 8.38. The van der Waals surface area contributed by atoms with E-state index in [1.807, 2.05) is 41.9 Å². The van der Waals surface area contributed by atoms with Gasteiger partial charge in [0, 0.05) is 11.5 Å². The van der Waals surface area contributed by atoms with Crippen molar-refractivity contribution in [1.82, 2.24) is 15.0 Å². The van der Waals surface area contributed by atoms with Crippen LogP contribution in [0.15, 0.2) is 51.7 Å². The molecule has 0 aliphatic rings. The van der Waals surface area contributed by atoms with Crippen molar-refractivity contribution in [2.75, 3.05) is 0 Å². The van der Waals surface area contributed by atoms with Crippen LogP contribution in [0.2, 0.25) is 0 Å². The predicted octanol–water partition coefficient (Wildman–Crippen LogP) is 4.02. The molecule has 5 heteroatoms. The molecule has 0 amide bonds. The molecule has 4 rings (SSSR count). The number of benzene rings is 2. The highest BCUT2D eigenvalue weighted by Gasteiger charge is 2.13.